The third-order valence-electron chi connectivity index (χ3n) is 3.84. The van der Waals surface area contributed by atoms with Gasteiger partial charge in [-0.25, -0.2) is 0 Å². The summed E-state index contributed by atoms with van der Waals surface area (Å²) in [5.41, 5.74) is 0.513. The molecule has 133 valence electrons. The van der Waals surface area contributed by atoms with Crippen LogP contribution in [0.5, 0.6) is 0 Å². The summed E-state index contributed by atoms with van der Waals surface area (Å²) in [5.74, 6) is 0. The van der Waals surface area contributed by atoms with Crippen molar-refractivity contribution in [3.05, 3.63) is 35.9 Å². The van der Waals surface area contributed by atoms with Crippen molar-refractivity contribution in [1.82, 2.24) is 9.80 Å². The van der Waals surface area contributed by atoms with E-state index in [0.717, 1.165) is 39.9 Å². The van der Waals surface area contributed by atoms with Gasteiger partial charge in [-0.1, -0.05) is 68.0 Å². The summed E-state index contributed by atoms with van der Waals surface area (Å²) in [7, 11) is 7.64. The molecule has 0 bridgehead atoms. The standard InChI is InChI=1S/C12H15O.C6H12N2S3/c13-12(9-5-2-6-10-12)11-7-3-1-4-8-11;1-7(2)5(9)11-6(10)8(3)4/h3-4,7-8,13H,2,5-6,9-10H2;1-4H3. The second-order valence-electron chi connectivity index (χ2n) is 6.30. The van der Waals surface area contributed by atoms with E-state index in [2.05, 4.69) is 6.07 Å². The van der Waals surface area contributed by atoms with Crippen molar-refractivity contribution in [1.29, 1.82) is 0 Å². The molecule has 24 heavy (non-hydrogen) atoms. The number of aliphatic hydroxyl groups is 1. The van der Waals surface area contributed by atoms with E-state index in [4.69, 9.17) is 24.4 Å². The first-order valence-corrected chi connectivity index (χ1v) is 9.69. The molecule has 1 fully saturated rings. The van der Waals surface area contributed by atoms with Gasteiger partial charge in [0.2, 0.25) is 0 Å². The first-order chi connectivity index (χ1) is 11.3. The lowest BCUT2D eigenvalue weighted by Crippen LogP contribution is -2.28. The summed E-state index contributed by atoms with van der Waals surface area (Å²) in [6, 6.07) is 10.7. The number of thioether (sulfide) groups is 1. The van der Waals surface area contributed by atoms with Gasteiger partial charge >= 0.3 is 0 Å². The van der Waals surface area contributed by atoms with E-state index in [-0.39, 0.29) is 0 Å². The van der Waals surface area contributed by atoms with Gasteiger partial charge in [-0.2, -0.15) is 0 Å². The summed E-state index contributed by atoms with van der Waals surface area (Å²) in [4.78, 5) is 3.74. The third-order valence-corrected chi connectivity index (χ3v) is 6.15. The maximum Gasteiger partial charge on any atom is 0.142 e. The molecular weight excluding hydrogens is 356 g/mol. The maximum absolute atomic E-state index is 10.3. The van der Waals surface area contributed by atoms with Gasteiger partial charge in [0.15, 0.2) is 0 Å². The smallest absolute Gasteiger partial charge is 0.142 e. The van der Waals surface area contributed by atoms with Crippen LogP contribution < -0.4 is 0 Å². The minimum atomic E-state index is -0.548. The van der Waals surface area contributed by atoms with Gasteiger partial charge < -0.3 is 14.9 Å². The molecule has 1 aromatic rings. The maximum atomic E-state index is 10.3. The van der Waals surface area contributed by atoms with Crippen molar-refractivity contribution in [3.8, 4) is 0 Å². The lowest BCUT2D eigenvalue weighted by atomic mass is 9.80. The van der Waals surface area contributed by atoms with Crippen molar-refractivity contribution in [3.63, 3.8) is 0 Å². The second-order valence-corrected chi connectivity index (χ2v) is 8.57. The van der Waals surface area contributed by atoms with E-state index >= 15 is 0 Å². The molecule has 0 atom stereocenters. The van der Waals surface area contributed by atoms with Gasteiger partial charge in [0.25, 0.3) is 0 Å². The van der Waals surface area contributed by atoms with E-state index in [1.807, 2.05) is 62.3 Å². The van der Waals surface area contributed by atoms with Gasteiger partial charge in [-0.15, -0.1) is 0 Å². The highest BCUT2D eigenvalue weighted by Crippen LogP contribution is 2.36. The SMILES string of the molecule is CN(C)C(=S)SC(=S)N(C)C.OC1(c2cc[c]cc2)CCCCC1. The third kappa shape index (κ3) is 7.05. The predicted molar refractivity (Wildman–Crippen MR) is 112 cm³/mol. The largest absolute Gasteiger partial charge is 0.385 e. The molecule has 1 radical (unpaired) electrons. The molecule has 0 unspecified atom stereocenters. The zero-order valence-corrected chi connectivity index (χ0v) is 17.4. The lowest BCUT2D eigenvalue weighted by molar-refractivity contribution is -0.000627. The minimum Gasteiger partial charge on any atom is -0.385 e. The minimum absolute atomic E-state index is 0.548. The molecule has 0 aromatic heterocycles. The van der Waals surface area contributed by atoms with Crippen LogP contribution in [0.25, 0.3) is 0 Å². The normalized spacial score (nSPS) is 15.7. The second kappa shape index (κ2) is 10.3. The number of hydrogen-bond donors (Lipinski definition) is 1. The average Bonchev–Trinajstić information content (AvgIpc) is 2.56. The fraction of sp³-hybridized carbons (Fsp3) is 0.556. The summed E-state index contributed by atoms with van der Waals surface area (Å²) in [5, 5.41) is 10.3. The first-order valence-electron chi connectivity index (χ1n) is 8.05. The van der Waals surface area contributed by atoms with Crippen molar-refractivity contribution in [2.45, 2.75) is 37.7 Å². The van der Waals surface area contributed by atoms with E-state index in [1.54, 1.807) is 0 Å². The number of hydrogen-bond acceptors (Lipinski definition) is 4. The van der Waals surface area contributed by atoms with Crippen molar-refractivity contribution >= 4 is 44.8 Å². The molecule has 0 heterocycles. The van der Waals surface area contributed by atoms with Crippen LogP contribution in [0, 0.1) is 6.07 Å². The number of nitrogens with zero attached hydrogens (tertiary/aromatic N) is 2. The molecular formula is C18H27N2OS3. The first kappa shape index (κ1) is 21.4. The quantitative estimate of drug-likeness (QED) is 0.735. The lowest BCUT2D eigenvalue weighted by Gasteiger charge is -2.32. The number of rotatable bonds is 1. The molecule has 1 N–H and O–H groups in total. The van der Waals surface area contributed by atoms with Gasteiger partial charge in [-0.05, 0) is 36.2 Å². The highest BCUT2D eigenvalue weighted by molar-refractivity contribution is 8.37. The van der Waals surface area contributed by atoms with E-state index in [9.17, 15) is 5.11 Å². The Kier molecular flexibility index (Phi) is 9.19. The van der Waals surface area contributed by atoms with Crippen LogP contribution in [0.2, 0.25) is 0 Å². The molecule has 3 nitrogen and oxygen atoms in total. The topological polar surface area (TPSA) is 26.7 Å². The summed E-state index contributed by atoms with van der Waals surface area (Å²) < 4.78 is 1.59. The van der Waals surface area contributed by atoms with Crippen molar-refractivity contribution < 1.29 is 5.11 Å². The molecule has 1 saturated carbocycles. The Labute approximate surface area is 161 Å². The van der Waals surface area contributed by atoms with Crippen LogP contribution in [0.3, 0.4) is 0 Å². The summed E-state index contributed by atoms with van der Waals surface area (Å²) in [6.45, 7) is 0. The zero-order chi connectivity index (χ0) is 18.2. The molecule has 2 rings (SSSR count). The van der Waals surface area contributed by atoms with E-state index in [0.29, 0.717) is 0 Å². The molecule has 1 aromatic carbocycles. The molecule has 0 aliphatic heterocycles. The van der Waals surface area contributed by atoms with E-state index < -0.39 is 5.60 Å². The molecule has 0 amide bonds. The Hall–Kier alpha value is -0.690. The van der Waals surface area contributed by atoms with Crippen molar-refractivity contribution in [2.75, 3.05) is 28.2 Å². The van der Waals surface area contributed by atoms with Gasteiger partial charge in [0.05, 0.1) is 5.60 Å². The van der Waals surface area contributed by atoms with Crippen LogP contribution in [0.4, 0.5) is 0 Å². The highest BCUT2D eigenvalue weighted by atomic mass is 32.2. The van der Waals surface area contributed by atoms with E-state index in [1.165, 1.54) is 18.2 Å². The molecule has 6 heteroatoms. The molecule has 0 spiro atoms. The fourth-order valence-electron chi connectivity index (χ4n) is 2.38. The molecule has 1 aliphatic rings. The summed E-state index contributed by atoms with van der Waals surface area (Å²) in [6.07, 6.45) is 5.39. The van der Waals surface area contributed by atoms with Crippen LogP contribution in [0.1, 0.15) is 37.7 Å². The van der Waals surface area contributed by atoms with Gasteiger partial charge in [0.1, 0.15) is 8.64 Å². The Morgan fingerprint density at radius 2 is 1.46 bits per heavy atom. The predicted octanol–water partition coefficient (Wildman–Crippen LogP) is 4.05. The fourth-order valence-corrected chi connectivity index (χ4v) is 3.53. The zero-order valence-electron chi connectivity index (χ0n) is 14.9. The Bertz CT molecular complexity index is 508. The monoisotopic (exact) mass is 383 g/mol. The van der Waals surface area contributed by atoms with Crippen LogP contribution in [-0.4, -0.2) is 51.7 Å². The van der Waals surface area contributed by atoms with Crippen LogP contribution in [-0.2, 0) is 5.60 Å². The highest BCUT2D eigenvalue weighted by Gasteiger charge is 2.30. The molecule has 0 saturated heterocycles. The number of thiocarbonyl (C=S) groups is 2. The Balaban J connectivity index is 0.000000245. The summed E-state index contributed by atoms with van der Waals surface area (Å²) >= 11 is 11.5. The van der Waals surface area contributed by atoms with Crippen LogP contribution >= 0.6 is 36.2 Å². The van der Waals surface area contributed by atoms with Crippen molar-refractivity contribution in [2.24, 2.45) is 0 Å². The Morgan fingerprint density at radius 1 is 1.00 bits per heavy atom. The Morgan fingerprint density at radius 3 is 1.88 bits per heavy atom. The number of benzene rings is 1. The molecule has 1 aliphatic carbocycles. The average molecular weight is 384 g/mol. The van der Waals surface area contributed by atoms with Gasteiger partial charge in [0, 0.05) is 28.2 Å². The van der Waals surface area contributed by atoms with Gasteiger partial charge in [-0.3, -0.25) is 0 Å². The van der Waals surface area contributed by atoms with Crippen LogP contribution in [0.15, 0.2) is 24.3 Å².